The predicted molar refractivity (Wildman–Crippen MR) is 86.1 cm³/mol. The van der Waals surface area contributed by atoms with E-state index in [9.17, 15) is 4.79 Å². The van der Waals surface area contributed by atoms with E-state index in [1.54, 1.807) is 0 Å². The Morgan fingerprint density at radius 1 is 0.952 bits per heavy atom. The minimum absolute atomic E-state index is 0.0222. The molecule has 2 nitrogen and oxygen atoms in total. The highest BCUT2D eigenvalue weighted by molar-refractivity contribution is 5.94. The lowest BCUT2D eigenvalue weighted by molar-refractivity contribution is 0.0953. The third kappa shape index (κ3) is 4.81. The summed E-state index contributed by atoms with van der Waals surface area (Å²) in [6.45, 7) is 2.83. The number of hydrogen-bond donors (Lipinski definition) is 1. The fourth-order valence-corrected chi connectivity index (χ4v) is 1.85. The SMILES string of the molecule is CCCCNC(=O)c1ccc(C#Cc2ccccc2)cc1. The van der Waals surface area contributed by atoms with Crippen LogP contribution in [0.2, 0.25) is 0 Å². The Kier molecular flexibility index (Phi) is 5.60. The largest absolute Gasteiger partial charge is 0.352 e. The van der Waals surface area contributed by atoms with Crippen molar-refractivity contribution in [3.63, 3.8) is 0 Å². The lowest BCUT2D eigenvalue weighted by atomic mass is 10.1. The molecular weight excluding hydrogens is 258 g/mol. The summed E-state index contributed by atoms with van der Waals surface area (Å²) in [6, 6.07) is 17.2. The normalized spacial score (nSPS) is 9.57. The number of amides is 1. The zero-order valence-electron chi connectivity index (χ0n) is 12.2. The lowest BCUT2D eigenvalue weighted by Crippen LogP contribution is -2.24. The predicted octanol–water partition coefficient (Wildman–Crippen LogP) is 3.62. The molecule has 106 valence electrons. The summed E-state index contributed by atoms with van der Waals surface area (Å²) in [5.74, 6) is 6.18. The number of unbranched alkanes of at least 4 members (excludes halogenated alkanes) is 1. The van der Waals surface area contributed by atoms with Gasteiger partial charge in [-0.05, 0) is 42.8 Å². The zero-order valence-corrected chi connectivity index (χ0v) is 12.2. The van der Waals surface area contributed by atoms with Crippen molar-refractivity contribution >= 4 is 5.91 Å². The Morgan fingerprint density at radius 3 is 2.19 bits per heavy atom. The third-order valence-electron chi connectivity index (χ3n) is 3.09. The number of benzene rings is 2. The van der Waals surface area contributed by atoms with E-state index >= 15 is 0 Å². The number of hydrogen-bond acceptors (Lipinski definition) is 1. The molecule has 0 aliphatic heterocycles. The van der Waals surface area contributed by atoms with Crippen LogP contribution in [0.5, 0.6) is 0 Å². The van der Waals surface area contributed by atoms with Gasteiger partial charge in [-0.3, -0.25) is 4.79 Å². The van der Waals surface area contributed by atoms with Gasteiger partial charge in [-0.1, -0.05) is 43.4 Å². The van der Waals surface area contributed by atoms with Crippen molar-refractivity contribution in [2.75, 3.05) is 6.54 Å². The highest BCUT2D eigenvalue weighted by Crippen LogP contribution is 2.04. The topological polar surface area (TPSA) is 29.1 Å². The molecule has 0 radical (unpaired) electrons. The van der Waals surface area contributed by atoms with Crippen LogP contribution in [0.1, 0.15) is 41.3 Å². The molecule has 2 rings (SSSR count). The van der Waals surface area contributed by atoms with Gasteiger partial charge >= 0.3 is 0 Å². The Hall–Kier alpha value is -2.53. The second-order valence-corrected chi connectivity index (χ2v) is 4.80. The first-order valence-electron chi connectivity index (χ1n) is 7.25. The molecule has 0 bridgehead atoms. The van der Waals surface area contributed by atoms with Crippen molar-refractivity contribution in [2.45, 2.75) is 19.8 Å². The van der Waals surface area contributed by atoms with Gasteiger partial charge in [0.15, 0.2) is 0 Å². The molecule has 0 aliphatic carbocycles. The van der Waals surface area contributed by atoms with Crippen molar-refractivity contribution in [1.82, 2.24) is 5.32 Å². The second-order valence-electron chi connectivity index (χ2n) is 4.80. The molecule has 0 spiro atoms. The van der Waals surface area contributed by atoms with Crippen LogP contribution in [0.3, 0.4) is 0 Å². The first kappa shape index (κ1) is 14.9. The van der Waals surface area contributed by atoms with Gasteiger partial charge in [0.25, 0.3) is 5.91 Å². The Labute approximate surface area is 126 Å². The number of rotatable bonds is 4. The maximum atomic E-state index is 11.9. The van der Waals surface area contributed by atoms with Crippen molar-refractivity contribution < 1.29 is 4.79 Å². The molecule has 0 aliphatic rings. The maximum Gasteiger partial charge on any atom is 0.251 e. The summed E-state index contributed by atoms with van der Waals surface area (Å²) in [6.07, 6.45) is 2.08. The van der Waals surface area contributed by atoms with E-state index in [1.807, 2.05) is 54.6 Å². The smallest absolute Gasteiger partial charge is 0.251 e. The molecule has 2 aromatic carbocycles. The summed E-state index contributed by atoms with van der Waals surface area (Å²) in [5, 5.41) is 2.90. The van der Waals surface area contributed by atoms with E-state index < -0.39 is 0 Å². The van der Waals surface area contributed by atoms with E-state index in [0.29, 0.717) is 5.56 Å². The molecule has 0 saturated heterocycles. The van der Waals surface area contributed by atoms with E-state index in [0.717, 1.165) is 30.5 Å². The fourth-order valence-electron chi connectivity index (χ4n) is 1.85. The monoisotopic (exact) mass is 277 g/mol. The molecule has 1 N–H and O–H groups in total. The van der Waals surface area contributed by atoms with Gasteiger partial charge in [-0.2, -0.15) is 0 Å². The van der Waals surface area contributed by atoms with Gasteiger partial charge in [0.2, 0.25) is 0 Å². The molecule has 0 unspecified atom stereocenters. The van der Waals surface area contributed by atoms with Crippen molar-refractivity contribution in [2.24, 2.45) is 0 Å². The zero-order chi connectivity index (χ0) is 14.9. The molecular formula is C19H19NO. The molecule has 2 aromatic rings. The highest BCUT2D eigenvalue weighted by atomic mass is 16.1. The van der Waals surface area contributed by atoms with Gasteiger partial charge < -0.3 is 5.32 Å². The van der Waals surface area contributed by atoms with E-state index in [-0.39, 0.29) is 5.91 Å². The van der Waals surface area contributed by atoms with Crippen LogP contribution in [0.25, 0.3) is 0 Å². The van der Waals surface area contributed by atoms with Gasteiger partial charge in [0.1, 0.15) is 0 Å². The van der Waals surface area contributed by atoms with Crippen LogP contribution >= 0.6 is 0 Å². The number of carbonyl (C=O) groups is 1. The van der Waals surface area contributed by atoms with Gasteiger partial charge in [-0.25, -0.2) is 0 Å². The Bertz CT molecular complexity index is 633. The van der Waals surface area contributed by atoms with Crippen LogP contribution in [0.4, 0.5) is 0 Å². The first-order valence-corrected chi connectivity index (χ1v) is 7.25. The molecule has 0 saturated carbocycles. The Morgan fingerprint density at radius 2 is 1.57 bits per heavy atom. The summed E-state index contributed by atoms with van der Waals surface area (Å²) < 4.78 is 0. The third-order valence-corrected chi connectivity index (χ3v) is 3.09. The van der Waals surface area contributed by atoms with Crippen LogP contribution in [-0.4, -0.2) is 12.5 Å². The van der Waals surface area contributed by atoms with Gasteiger partial charge in [0.05, 0.1) is 0 Å². The molecule has 0 fully saturated rings. The first-order chi connectivity index (χ1) is 10.3. The lowest BCUT2D eigenvalue weighted by Gasteiger charge is -2.03. The average Bonchev–Trinajstić information content (AvgIpc) is 2.54. The molecule has 21 heavy (non-hydrogen) atoms. The molecule has 1 amide bonds. The molecule has 2 heteroatoms. The molecule has 0 heterocycles. The summed E-state index contributed by atoms with van der Waals surface area (Å²) in [4.78, 5) is 11.9. The molecule has 0 atom stereocenters. The maximum absolute atomic E-state index is 11.9. The van der Waals surface area contributed by atoms with Crippen LogP contribution < -0.4 is 5.32 Å². The number of carbonyl (C=O) groups excluding carboxylic acids is 1. The van der Waals surface area contributed by atoms with Crippen molar-refractivity contribution in [1.29, 1.82) is 0 Å². The summed E-state index contributed by atoms with van der Waals surface area (Å²) >= 11 is 0. The van der Waals surface area contributed by atoms with Crippen molar-refractivity contribution in [3.8, 4) is 11.8 Å². The van der Waals surface area contributed by atoms with Gasteiger partial charge in [0, 0.05) is 23.2 Å². The number of nitrogens with one attached hydrogen (secondary N) is 1. The Balaban J connectivity index is 1.99. The highest BCUT2D eigenvalue weighted by Gasteiger charge is 2.03. The van der Waals surface area contributed by atoms with Crippen LogP contribution in [0, 0.1) is 11.8 Å². The summed E-state index contributed by atoms with van der Waals surface area (Å²) in [7, 11) is 0. The second kappa shape index (κ2) is 7.91. The minimum atomic E-state index is -0.0222. The molecule has 0 aromatic heterocycles. The van der Waals surface area contributed by atoms with E-state index in [1.165, 1.54) is 0 Å². The van der Waals surface area contributed by atoms with Crippen LogP contribution in [-0.2, 0) is 0 Å². The standard InChI is InChI=1S/C19H19NO/c1-2-3-15-20-19(21)18-13-11-17(12-14-18)10-9-16-7-5-4-6-8-16/h4-8,11-14H,2-3,15H2,1H3,(H,20,21). The van der Waals surface area contributed by atoms with E-state index in [2.05, 4.69) is 24.1 Å². The van der Waals surface area contributed by atoms with Crippen LogP contribution in [0.15, 0.2) is 54.6 Å². The summed E-state index contributed by atoms with van der Waals surface area (Å²) in [5.41, 5.74) is 2.57. The average molecular weight is 277 g/mol. The van der Waals surface area contributed by atoms with E-state index in [4.69, 9.17) is 0 Å². The fraction of sp³-hybridized carbons (Fsp3) is 0.211. The van der Waals surface area contributed by atoms with Crippen molar-refractivity contribution in [3.05, 3.63) is 71.3 Å². The van der Waals surface area contributed by atoms with Gasteiger partial charge in [-0.15, -0.1) is 0 Å². The quantitative estimate of drug-likeness (QED) is 0.671. The minimum Gasteiger partial charge on any atom is -0.352 e.